The summed E-state index contributed by atoms with van der Waals surface area (Å²) in [6.07, 6.45) is 0.949. The number of aromatic nitrogens is 1. The lowest BCUT2D eigenvalue weighted by Crippen LogP contribution is -2.14. The van der Waals surface area contributed by atoms with Gasteiger partial charge in [0.15, 0.2) is 0 Å². The number of aliphatic carboxylic acids is 1. The van der Waals surface area contributed by atoms with Crippen LogP contribution in [0, 0.1) is 0 Å². The number of hydrogen-bond donors (Lipinski definition) is 2. The molecule has 0 aliphatic rings. The number of nitrogens with one attached hydrogen (secondary N) is 1. The normalized spacial score (nSPS) is 12.3. The average molecular weight is 258 g/mol. The highest BCUT2D eigenvalue weighted by Gasteiger charge is 2.09. The van der Waals surface area contributed by atoms with E-state index in [1.165, 1.54) is 0 Å². The fourth-order valence-corrected chi connectivity index (χ4v) is 1.96. The second-order valence-electron chi connectivity index (χ2n) is 4.70. The van der Waals surface area contributed by atoms with Gasteiger partial charge < -0.3 is 10.4 Å². The molecule has 0 aliphatic heterocycles. The third-order valence-corrected chi connectivity index (χ3v) is 3.12. The van der Waals surface area contributed by atoms with Gasteiger partial charge in [-0.1, -0.05) is 25.1 Å². The smallest absolute Gasteiger partial charge is 0.309 e. The van der Waals surface area contributed by atoms with Gasteiger partial charge in [-0.2, -0.15) is 0 Å². The Morgan fingerprint density at radius 1 is 1.42 bits per heavy atom. The van der Waals surface area contributed by atoms with Crippen LogP contribution in [0.15, 0.2) is 30.3 Å². The number of carbonyl (C=O) groups is 1. The standard InChI is InChI=1S/C15H18N2O2/c1-3-10(2)16-14-8-11(9-15(18)19)17-13-7-5-4-6-12(13)14/h4-8,10H,3,9H2,1-2H3,(H,16,17)(H,18,19). The van der Waals surface area contributed by atoms with Crippen molar-refractivity contribution in [1.82, 2.24) is 4.98 Å². The molecule has 1 heterocycles. The molecule has 0 spiro atoms. The van der Waals surface area contributed by atoms with Gasteiger partial charge in [0.2, 0.25) is 0 Å². The van der Waals surface area contributed by atoms with Crippen molar-refractivity contribution in [2.24, 2.45) is 0 Å². The predicted octanol–water partition coefficient (Wildman–Crippen LogP) is 3.07. The van der Waals surface area contributed by atoms with E-state index in [9.17, 15) is 4.79 Å². The van der Waals surface area contributed by atoms with Crippen LogP contribution in [-0.2, 0) is 11.2 Å². The summed E-state index contributed by atoms with van der Waals surface area (Å²) in [6, 6.07) is 9.95. The fraction of sp³-hybridized carbons (Fsp3) is 0.333. The van der Waals surface area contributed by atoms with Gasteiger partial charge in [-0.05, 0) is 25.5 Å². The molecule has 0 radical (unpaired) electrons. The quantitative estimate of drug-likeness (QED) is 0.865. The number of hydrogen-bond acceptors (Lipinski definition) is 3. The van der Waals surface area contributed by atoms with Crippen LogP contribution in [0.1, 0.15) is 26.0 Å². The van der Waals surface area contributed by atoms with Crippen molar-refractivity contribution in [2.45, 2.75) is 32.7 Å². The number of anilines is 1. The first kappa shape index (κ1) is 13.3. The number of benzene rings is 1. The summed E-state index contributed by atoms with van der Waals surface area (Å²) >= 11 is 0. The zero-order valence-corrected chi connectivity index (χ0v) is 11.2. The minimum Gasteiger partial charge on any atom is -0.481 e. The number of fused-ring (bicyclic) bond motifs is 1. The number of rotatable bonds is 5. The maximum atomic E-state index is 10.8. The van der Waals surface area contributed by atoms with E-state index in [4.69, 9.17) is 5.11 Å². The number of carboxylic acids is 1. The molecule has 4 nitrogen and oxygen atoms in total. The lowest BCUT2D eigenvalue weighted by atomic mass is 10.1. The van der Waals surface area contributed by atoms with Gasteiger partial charge in [0.25, 0.3) is 0 Å². The molecular weight excluding hydrogens is 240 g/mol. The van der Waals surface area contributed by atoms with E-state index in [0.717, 1.165) is 23.0 Å². The van der Waals surface area contributed by atoms with Crippen LogP contribution >= 0.6 is 0 Å². The van der Waals surface area contributed by atoms with E-state index >= 15 is 0 Å². The summed E-state index contributed by atoms with van der Waals surface area (Å²) in [5.74, 6) is -0.864. The van der Waals surface area contributed by atoms with Crippen molar-refractivity contribution < 1.29 is 9.90 Å². The number of nitrogens with zero attached hydrogens (tertiary/aromatic N) is 1. The molecule has 1 atom stereocenters. The zero-order chi connectivity index (χ0) is 13.8. The van der Waals surface area contributed by atoms with Crippen molar-refractivity contribution in [3.05, 3.63) is 36.0 Å². The van der Waals surface area contributed by atoms with Crippen molar-refractivity contribution in [1.29, 1.82) is 0 Å². The lowest BCUT2D eigenvalue weighted by molar-refractivity contribution is -0.136. The molecule has 2 N–H and O–H groups in total. The fourth-order valence-electron chi connectivity index (χ4n) is 1.96. The van der Waals surface area contributed by atoms with E-state index in [-0.39, 0.29) is 6.42 Å². The van der Waals surface area contributed by atoms with Gasteiger partial charge in [-0.15, -0.1) is 0 Å². The van der Waals surface area contributed by atoms with Crippen LogP contribution in [0.2, 0.25) is 0 Å². The van der Waals surface area contributed by atoms with Gasteiger partial charge in [0.05, 0.1) is 17.6 Å². The van der Waals surface area contributed by atoms with E-state index < -0.39 is 5.97 Å². The van der Waals surface area contributed by atoms with E-state index in [2.05, 4.69) is 24.1 Å². The Bertz CT molecular complexity index is 596. The largest absolute Gasteiger partial charge is 0.481 e. The molecule has 1 unspecified atom stereocenters. The average Bonchev–Trinajstić information content (AvgIpc) is 2.37. The van der Waals surface area contributed by atoms with Gasteiger partial charge in [0, 0.05) is 17.1 Å². The minimum atomic E-state index is -0.864. The highest BCUT2D eigenvalue weighted by atomic mass is 16.4. The SMILES string of the molecule is CCC(C)Nc1cc(CC(=O)O)nc2ccccc12. The second kappa shape index (κ2) is 5.69. The molecule has 2 rings (SSSR count). The molecule has 1 aromatic heterocycles. The summed E-state index contributed by atoms with van der Waals surface area (Å²) < 4.78 is 0. The molecule has 4 heteroatoms. The monoisotopic (exact) mass is 258 g/mol. The molecule has 100 valence electrons. The van der Waals surface area contributed by atoms with Crippen LogP contribution in [0.5, 0.6) is 0 Å². The molecule has 0 bridgehead atoms. The van der Waals surface area contributed by atoms with Crippen LogP contribution in [0.4, 0.5) is 5.69 Å². The number of para-hydroxylation sites is 1. The van der Waals surface area contributed by atoms with Crippen LogP contribution in [0.25, 0.3) is 10.9 Å². The van der Waals surface area contributed by atoms with E-state index in [1.807, 2.05) is 30.3 Å². The van der Waals surface area contributed by atoms with Gasteiger partial charge in [-0.25, -0.2) is 0 Å². The molecule has 0 fully saturated rings. The van der Waals surface area contributed by atoms with Crippen LogP contribution < -0.4 is 5.32 Å². The molecule has 0 saturated heterocycles. The maximum absolute atomic E-state index is 10.8. The summed E-state index contributed by atoms with van der Waals surface area (Å²) in [5, 5.41) is 13.3. The first-order chi connectivity index (χ1) is 9.10. The molecule has 2 aromatic rings. The third-order valence-electron chi connectivity index (χ3n) is 3.12. The summed E-state index contributed by atoms with van der Waals surface area (Å²) in [4.78, 5) is 15.2. The van der Waals surface area contributed by atoms with Gasteiger partial charge >= 0.3 is 5.97 Å². The predicted molar refractivity (Wildman–Crippen MR) is 76.5 cm³/mol. The lowest BCUT2D eigenvalue weighted by Gasteiger charge is -2.16. The Hall–Kier alpha value is -2.10. The van der Waals surface area contributed by atoms with Crippen molar-refractivity contribution in [3.63, 3.8) is 0 Å². The summed E-state index contributed by atoms with van der Waals surface area (Å²) in [6.45, 7) is 4.21. The molecule has 19 heavy (non-hydrogen) atoms. The number of pyridine rings is 1. The Morgan fingerprint density at radius 3 is 2.84 bits per heavy atom. The van der Waals surface area contributed by atoms with Crippen LogP contribution in [0.3, 0.4) is 0 Å². The molecule has 1 aromatic carbocycles. The highest BCUT2D eigenvalue weighted by Crippen LogP contribution is 2.24. The summed E-state index contributed by atoms with van der Waals surface area (Å²) in [5.41, 5.74) is 2.36. The minimum absolute atomic E-state index is 0.0555. The zero-order valence-electron chi connectivity index (χ0n) is 11.2. The molecular formula is C15H18N2O2. The third kappa shape index (κ3) is 3.22. The van der Waals surface area contributed by atoms with Crippen molar-refractivity contribution in [2.75, 3.05) is 5.32 Å². The van der Waals surface area contributed by atoms with Crippen molar-refractivity contribution in [3.8, 4) is 0 Å². The molecule has 0 amide bonds. The Morgan fingerprint density at radius 2 is 2.16 bits per heavy atom. The molecule has 0 saturated carbocycles. The van der Waals surface area contributed by atoms with Gasteiger partial charge in [-0.3, -0.25) is 9.78 Å². The van der Waals surface area contributed by atoms with Crippen LogP contribution in [-0.4, -0.2) is 22.1 Å². The second-order valence-corrected chi connectivity index (χ2v) is 4.70. The Balaban J connectivity index is 2.48. The van der Waals surface area contributed by atoms with E-state index in [1.54, 1.807) is 0 Å². The summed E-state index contributed by atoms with van der Waals surface area (Å²) in [7, 11) is 0. The first-order valence-corrected chi connectivity index (χ1v) is 6.47. The highest BCUT2D eigenvalue weighted by molar-refractivity contribution is 5.92. The number of carboxylic acid groups (broad SMARTS) is 1. The maximum Gasteiger partial charge on any atom is 0.309 e. The van der Waals surface area contributed by atoms with E-state index in [0.29, 0.717) is 11.7 Å². The Labute approximate surface area is 112 Å². The van der Waals surface area contributed by atoms with Gasteiger partial charge in [0.1, 0.15) is 0 Å². The van der Waals surface area contributed by atoms with Crippen molar-refractivity contribution >= 4 is 22.6 Å². The Kier molecular flexibility index (Phi) is 4.00. The topological polar surface area (TPSA) is 62.2 Å². The molecule has 0 aliphatic carbocycles. The first-order valence-electron chi connectivity index (χ1n) is 6.47.